The van der Waals surface area contributed by atoms with Gasteiger partial charge < -0.3 is 14.1 Å². The summed E-state index contributed by atoms with van der Waals surface area (Å²) in [4.78, 5) is 27.7. The summed E-state index contributed by atoms with van der Waals surface area (Å²) < 4.78 is 23.4. The highest BCUT2D eigenvalue weighted by atomic mass is 32.2. The maximum atomic E-state index is 13.0. The molecule has 1 atom stereocenters. The fourth-order valence-electron chi connectivity index (χ4n) is 2.78. The number of benzene rings is 1. The number of aromatic amines is 1. The molecule has 9 heteroatoms. The molecule has 0 aliphatic carbocycles. The number of nitrogens with zero attached hydrogens (tertiary/aromatic N) is 2. The van der Waals surface area contributed by atoms with Crippen LogP contribution >= 0.6 is 11.8 Å². The molecule has 3 aromatic rings. The summed E-state index contributed by atoms with van der Waals surface area (Å²) in [5.41, 5.74) is 2.40. The number of rotatable bonds is 6. The molecule has 0 radical (unpaired) electrons. The molecule has 2 heterocycles. The zero-order chi connectivity index (χ0) is 20.4. The molecule has 0 saturated heterocycles. The van der Waals surface area contributed by atoms with Crippen LogP contribution < -0.4 is 0 Å². The van der Waals surface area contributed by atoms with Crippen LogP contribution in [0.3, 0.4) is 0 Å². The van der Waals surface area contributed by atoms with Gasteiger partial charge in [-0.25, -0.2) is 9.18 Å². The van der Waals surface area contributed by atoms with Crippen molar-refractivity contribution in [3.05, 3.63) is 52.6 Å². The zero-order valence-electron chi connectivity index (χ0n) is 15.7. The molecule has 0 bridgehead atoms. The molecule has 0 spiro atoms. The Morgan fingerprint density at radius 1 is 1.21 bits per heavy atom. The molecule has 2 aromatic heterocycles. The van der Waals surface area contributed by atoms with Crippen molar-refractivity contribution < 1.29 is 23.1 Å². The molecule has 0 unspecified atom stereocenters. The number of hydrogen-bond donors (Lipinski definition) is 1. The van der Waals surface area contributed by atoms with Crippen LogP contribution in [0.5, 0.6) is 0 Å². The lowest BCUT2D eigenvalue weighted by molar-refractivity contribution is 0.0599. The number of H-pyrrole nitrogens is 1. The predicted octanol–water partition coefficient (Wildman–Crippen LogP) is 3.97. The second kappa shape index (κ2) is 7.97. The van der Waals surface area contributed by atoms with E-state index in [1.165, 1.54) is 31.4 Å². The second-order valence-electron chi connectivity index (χ2n) is 6.12. The van der Waals surface area contributed by atoms with Gasteiger partial charge in [0.05, 0.1) is 23.6 Å². The highest BCUT2D eigenvalue weighted by Gasteiger charge is 2.27. The van der Waals surface area contributed by atoms with Crippen molar-refractivity contribution in [1.82, 2.24) is 15.2 Å². The lowest BCUT2D eigenvalue weighted by atomic mass is 10.1. The third kappa shape index (κ3) is 3.84. The molecule has 3 rings (SSSR count). The molecule has 146 valence electrons. The second-order valence-corrected chi connectivity index (χ2v) is 7.41. The normalized spacial score (nSPS) is 12.0. The molecular weight excluding hydrogens is 385 g/mol. The van der Waals surface area contributed by atoms with E-state index in [0.717, 1.165) is 11.8 Å². The molecule has 0 aliphatic rings. The molecule has 7 nitrogen and oxygen atoms in total. The van der Waals surface area contributed by atoms with Gasteiger partial charge in [0.2, 0.25) is 5.89 Å². The first kappa shape index (κ1) is 19.8. The van der Waals surface area contributed by atoms with Crippen LogP contribution in [0.25, 0.3) is 11.5 Å². The first-order valence-corrected chi connectivity index (χ1v) is 9.27. The van der Waals surface area contributed by atoms with Gasteiger partial charge >= 0.3 is 5.97 Å². The summed E-state index contributed by atoms with van der Waals surface area (Å²) in [6.45, 7) is 5.11. The lowest BCUT2D eigenvalue weighted by Gasteiger charge is -2.07. The number of halogens is 1. The van der Waals surface area contributed by atoms with Gasteiger partial charge in [-0.3, -0.25) is 4.79 Å². The van der Waals surface area contributed by atoms with Crippen LogP contribution in [0.2, 0.25) is 0 Å². The molecule has 1 N–H and O–H groups in total. The number of aryl methyl sites for hydroxylation is 1. The summed E-state index contributed by atoms with van der Waals surface area (Å²) in [6, 6.07) is 5.66. The van der Waals surface area contributed by atoms with Gasteiger partial charge in [0.15, 0.2) is 5.78 Å². The van der Waals surface area contributed by atoms with E-state index in [1.54, 1.807) is 20.8 Å². The summed E-state index contributed by atoms with van der Waals surface area (Å²) >= 11 is 1.10. The quantitative estimate of drug-likeness (QED) is 0.378. The number of carbonyl (C=O) groups is 2. The van der Waals surface area contributed by atoms with E-state index in [4.69, 9.17) is 9.15 Å². The van der Waals surface area contributed by atoms with Gasteiger partial charge in [-0.15, -0.1) is 10.2 Å². The summed E-state index contributed by atoms with van der Waals surface area (Å²) in [5, 5.41) is 7.54. The van der Waals surface area contributed by atoms with E-state index in [0.29, 0.717) is 28.1 Å². The van der Waals surface area contributed by atoms with E-state index in [-0.39, 0.29) is 22.7 Å². The van der Waals surface area contributed by atoms with E-state index in [9.17, 15) is 14.0 Å². The molecule has 0 fully saturated rings. The number of ketones is 1. The molecule has 28 heavy (non-hydrogen) atoms. The summed E-state index contributed by atoms with van der Waals surface area (Å²) in [7, 11) is 1.29. The Labute approximate surface area is 164 Å². The average Bonchev–Trinajstić information content (AvgIpc) is 3.25. The van der Waals surface area contributed by atoms with Crippen molar-refractivity contribution in [2.24, 2.45) is 0 Å². The summed E-state index contributed by atoms with van der Waals surface area (Å²) in [5.74, 6) is -0.823. The minimum Gasteiger partial charge on any atom is -0.465 e. The Kier molecular flexibility index (Phi) is 5.64. The molecule has 0 aliphatic heterocycles. The van der Waals surface area contributed by atoms with Gasteiger partial charge in [0, 0.05) is 11.3 Å². The highest BCUT2D eigenvalue weighted by Crippen LogP contribution is 2.29. The number of nitrogens with one attached hydrogen (secondary N) is 1. The van der Waals surface area contributed by atoms with Gasteiger partial charge in [0.25, 0.3) is 5.22 Å². The smallest absolute Gasteiger partial charge is 0.339 e. The summed E-state index contributed by atoms with van der Waals surface area (Å²) in [6.07, 6.45) is 0. The van der Waals surface area contributed by atoms with E-state index in [1.807, 2.05) is 0 Å². The van der Waals surface area contributed by atoms with E-state index < -0.39 is 11.2 Å². The van der Waals surface area contributed by atoms with E-state index >= 15 is 0 Å². The van der Waals surface area contributed by atoms with Crippen molar-refractivity contribution in [3.8, 4) is 11.5 Å². The number of thioether (sulfide) groups is 1. The molecular formula is C19H18FN3O4S. The maximum absolute atomic E-state index is 13.0. The predicted molar refractivity (Wildman–Crippen MR) is 101 cm³/mol. The number of methoxy groups -OCH3 is 1. The number of carbonyl (C=O) groups excluding carboxylic acids is 2. The van der Waals surface area contributed by atoms with Crippen LogP contribution in [-0.2, 0) is 4.74 Å². The fourth-order valence-corrected chi connectivity index (χ4v) is 3.52. The number of hydrogen-bond acceptors (Lipinski definition) is 7. The first-order valence-electron chi connectivity index (χ1n) is 8.39. The monoisotopic (exact) mass is 403 g/mol. The number of esters is 1. The third-order valence-electron chi connectivity index (χ3n) is 4.22. The largest absolute Gasteiger partial charge is 0.465 e. The van der Waals surface area contributed by atoms with Crippen LogP contribution in [0, 0.1) is 19.7 Å². The molecule has 0 saturated carbocycles. The Hall–Kier alpha value is -2.94. The van der Waals surface area contributed by atoms with Crippen molar-refractivity contribution in [2.45, 2.75) is 31.2 Å². The Balaban J connectivity index is 1.77. The van der Waals surface area contributed by atoms with Gasteiger partial charge in [-0.05, 0) is 50.6 Å². The SMILES string of the molecule is COC(=O)c1c(C)[nH]c(C(=O)[C@@H](C)Sc2nnc(-c3ccc(F)cc3)o2)c1C. The first-order chi connectivity index (χ1) is 13.3. The Morgan fingerprint density at radius 3 is 2.54 bits per heavy atom. The van der Waals surface area contributed by atoms with Gasteiger partial charge in [-0.1, -0.05) is 11.8 Å². The maximum Gasteiger partial charge on any atom is 0.339 e. The number of ether oxygens (including phenoxy) is 1. The topological polar surface area (TPSA) is 98.1 Å². The molecule has 1 aromatic carbocycles. The van der Waals surface area contributed by atoms with Crippen molar-refractivity contribution >= 4 is 23.5 Å². The molecule has 0 amide bonds. The zero-order valence-corrected chi connectivity index (χ0v) is 16.5. The number of aromatic nitrogens is 3. The van der Waals surface area contributed by atoms with Crippen LogP contribution in [0.4, 0.5) is 4.39 Å². The lowest BCUT2D eigenvalue weighted by Crippen LogP contribution is -2.15. The average molecular weight is 403 g/mol. The highest BCUT2D eigenvalue weighted by molar-refractivity contribution is 8.00. The van der Waals surface area contributed by atoms with E-state index in [2.05, 4.69) is 15.2 Å². The fraction of sp³-hybridized carbons (Fsp3) is 0.263. The van der Waals surface area contributed by atoms with Crippen LogP contribution in [-0.4, -0.2) is 39.3 Å². The number of Topliss-reactive ketones (excluding diaryl/α,β-unsaturated/α-hetero) is 1. The third-order valence-corrected chi connectivity index (χ3v) is 5.15. The Morgan fingerprint density at radius 2 is 1.89 bits per heavy atom. The minimum absolute atomic E-state index is 0.206. The van der Waals surface area contributed by atoms with Crippen molar-refractivity contribution in [3.63, 3.8) is 0 Å². The van der Waals surface area contributed by atoms with Crippen molar-refractivity contribution in [1.29, 1.82) is 0 Å². The Bertz CT molecular complexity index is 1030. The minimum atomic E-state index is -0.538. The standard InChI is InChI=1S/C19H18FN3O4S/c1-9-14(18(25)26-4)10(2)21-15(9)16(24)11(3)28-19-23-22-17(27-19)12-5-7-13(20)8-6-12/h5-8,11,21H,1-4H3/t11-/m1/s1. The van der Waals surface area contributed by atoms with Crippen LogP contribution in [0.15, 0.2) is 33.9 Å². The van der Waals surface area contributed by atoms with Crippen LogP contribution in [0.1, 0.15) is 39.0 Å². The van der Waals surface area contributed by atoms with Gasteiger partial charge in [0.1, 0.15) is 5.82 Å². The van der Waals surface area contributed by atoms with Crippen molar-refractivity contribution in [2.75, 3.05) is 7.11 Å². The van der Waals surface area contributed by atoms with Gasteiger partial charge in [-0.2, -0.15) is 0 Å².